The summed E-state index contributed by atoms with van der Waals surface area (Å²) in [5.41, 5.74) is -0.660. The Bertz CT molecular complexity index is 238. The van der Waals surface area contributed by atoms with Crippen LogP contribution >= 0.6 is 0 Å². The molecule has 1 rings (SSSR count). The second-order valence-electron chi connectivity index (χ2n) is 4.99. The molecule has 5 heteroatoms. The molecule has 0 spiro atoms. The second-order valence-corrected chi connectivity index (χ2v) is 4.99. The highest BCUT2D eigenvalue weighted by Crippen LogP contribution is 2.18. The zero-order valence-electron chi connectivity index (χ0n) is 10.8. The van der Waals surface area contributed by atoms with Crippen LogP contribution in [-0.4, -0.2) is 49.0 Å². The standard InChI is InChI=1S/C12H24N2O3/c1-10(2)14-11(15)3-6-13-9-12(16)4-7-17-8-5-12/h10,13,16H,3-9H2,1-2H3,(H,14,15). The minimum atomic E-state index is -0.660. The monoisotopic (exact) mass is 244 g/mol. The summed E-state index contributed by atoms with van der Waals surface area (Å²) in [6, 6.07) is 0.183. The predicted molar refractivity (Wildman–Crippen MR) is 65.8 cm³/mol. The Kier molecular flexibility index (Phi) is 5.88. The van der Waals surface area contributed by atoms with Crippen molar-refractivity contribution in [3.8, 4) is 0 Å². The van der Waals surface area contributed by atoms with Crippen molar-refractivity contribution in [3.63, 3.8) is 0 Å². The number of hydrogen-bond acceptors (Lipinski definition) is 4. The summed E-state index contributed by atoms with van der Waals surface area (Å²) in [6.07, 6.45) is 1.78. The fraction of sp³-hybridized carbons (Fsp3) is 0.917. The molecule has 0 aromatic heterocycles. The van der Waals surface area contributed by atoms with Crippen LogP contribution in [0.5, 0.6) is 0 Å². The summed E-state index contributed by atoms with van der Waals surface area (Å²) in [5, 5.41) is 16.1. The second kappa shape index (κ2) is 6.93. The molecule has 1 saturated heterocycles. The number of aliphatic hydroxyl groups is 1. The molecular formula is C12H24N2O3. The molecule has 1 aliphatic heterocycles. The first kappa shape index (κ1) is 14.4. The lowest BCUT2D eigenvalue weighted by atomic mass is 9.94. The van der Waals surface area contributed by atoms with E-state index in [9.17, 15) is 9.90 Å². The van der Waals surface area contributed by atoms with Crippen LogP contribution in [0.4, 0.5) is 0 Å². The summed E-state index contributed by atoms with van der Waals surface area (Å²) >= 11 is 0. The average molecular weight is 244 g/mol. The maximum absolute atomic E-state index is 11.4. The maximum atomic E-state index is 11.4. The van der Waals surface area contributed by atoms with E-state index >= 15 is 0 Å². The van der Waals surface area contributed by atoms with Crippen LogP contribution in [0.15, 0.2) is 0 Å². The quantitative estimate of drug-likeness (QED) is 0.577. The summed E-state index contributed by atoms with van der Waals surface area (Å²) in [6.45, 7) is 6.25. The number of hydrogen-bond donors (Lipinski definition) is 3. The third kappa shape index (κ3) is 6.00. The molecule has 1 fully saturated rings. The molecule has 1 heterocycles. The Labute approximate surface area is 103 Å². The first-order valence-electron chi connectivity index (χ1n) is 6.32. The number of ether oxygens (including phenoxy) is 1. The Hall–Kier alpha value is -0.650. The molecule has 17 heavy (non-hydrogen) atoms. The molecule has 0 aromatic carbocycles. The lowest BCUT2D eigenvalue weighted by molar-refractivity contribution is -0.121. The Morgan fingerprint density at radius 2 is 2.06 bits per heavy atom. The van der Waals surface area contributed by atoms with Gasteiger partial charge in [0.15, 0.2) is 0 Å². The van der Waals surface area contributed by atoms with Crippen molar-refractivity contribution < 1.29 is 14.6 Å². The van der Waals surface area contributed by atoms with Crippen molar-refractivity contribution in [3.05, 3.63) is 0 Å². The highest BCUT2D eigenvalue weighted by atomic mass is 16.5. The Balaban J connectivity index is 2.09. The van der Waals surface area contributed by atoms with E-state index in [1.54, 1.807) is 0 Å². The summed E-state index contributed by atoms with van der Waals surface area (Å²) in [4.78, 5) is 11.4. The van der Waals surface area contributed by atoms with Crippen LogP contribution in [0, 0.1) is 0 Å². The van der Waals surface area contributed by atoms with Gasteiger partial charge in [0, 0.05) is 51.6 Å². The average Bonchev–Trinajstić information content (AvgIpc) is 2.24. The van der Waals surface area contributed by atoms with Crippen LogP contribution in [0.1, 0.15) is 33.1 Å². The van der Waals surface area contributed by atoms with Gasteiger partial charge in [-0.1, -0.05) is 0 Å². The molecular weight excluding hydrogens is 220 g/mol. The van der Waals surface area contributed by atoms with E-state index < -0.39 is 5.60 Å². The molecule has 100 valence electrons. The van der Waals surface area contributed by atoms with Crippen molar-refractivity contribution >= 4 is 5.91 Å². The van der Waals surface area contributed by atoms with Gasteiger partial charge in [0.1, 0.15) is 0 Å². The van der Waals surface area contributed by atoms with Crippen LogP contribution in [-0.2, 0) is 9.53 Å². The SMILES string of the molecule is CC(C)NC(=O)CCNCC1(O)CCOCC1. The van der Waals surface area contributed by atoms with E-state index in [0.717, 1.165) is 0 Å². The predicted octanol–water partition coefficient (Wildman–Crippen LogP) is 0.0322. The molecule has 5 nitrogen and oxygen atoms in total. The van der Waals surface area contributed by atoms with E-state index in [2.05, 4.69) is 10.6 Å². The van der Waals surface area contributed by atoms with Gasteiger partial charge in [0.05, 0.1) is 5.60 Å². The summed E-state index contributed by atoms with van der Waals surface area (Å²) in [7, 11) is 0. The summed E-state index contributed by atoms with van der Waals surface area (Å²) < 4.78 is 5.20. The third-order valence-electron chi connectivity index (χ3n) is 2.86. The molecule has 0 bridgehead atoms. The largest absolute Gasteiger partial charge is 0.388 e. The number of carbonyl (C=O) groups is 1. The lowest BCUT2D eigenvalue weighted by Crippen LogP contribution is -2.45. The van der Waals surface area contributed by atoms with Crippen LogP contribution in [0.25, 0.3) is 0 Å². The fourth-order valence-electron chi connectivity index (χ4n) is 1.85. The van der Waals surface area contributed by atoms with Crippen LogP contribution in [0.3, 0.4) is 0 Å². The van der Waals surface area contributed by atoms with Gasteiger partial charge in [-0.25, -0.2) is 0 Å². The van der Waals surface area contributed by atoms with Gasteiger partial charge in [-0.15, -0.1) is 0 Å². The first-order chi connectivity index (χ1) is 8.02. The molecule has 0 aromatic rings. The number of carbonyl (C=O) groups excluding carboxylic acids is 1. The van der Waals surface area contributed by atoms with Crippen LogP contribution in [0.2, 0.25) is 0 Å². The zero-order valence-corrected chi connectivity index (χ0v) is 10.8. The van der Waals surface area contributed by atoms with Crippen molar-refractivity contribution in [2.45, 2.75) is 44.8 Å². The maximum Gasteiger partial charge on any atom is 0.221 e. The molecule has 0 aliphatic carbocycles. The molecule has 0 saturated carbocycles. The molecule has 3 N–H and O–H groups in total. The van der Waals surface area contributed by atoms with Gasteiger partial charge in [0.2, 0.25) is 5.91 Å². The van der Waals surface area contributed by atoms with Crippen LogP contribution < -0.4 is 10.6 Å². The van der Waals surface area contributed by atoms with E-state index in [1.807, 2.05) is 13.8 Å². The third-order valence-corrected chi connectivity index (χ3v) is 2.86. The van der Waals surface area contributed by atoms with E-state index in [-0.39, 0.29) is 11.9 Å². The smallest absolute Gasteiger partial charge is 0.221 e. The van der Waals surface area contributed by atoms with Crippen molar-refractivity contribution in [2.75, 3.05) is 26.3 Å². The molecule has 0 unspecified atom stereocenters. The Morgan fingerprint density at radius 3 is 2.65 bits per heavy atom. The minimum Gasteiger partial charge on any atom is -0.388 e. The lowest BCUT2D eigenvalue weighted by Gasteiger charge is -2.32. The van der Waals surface area contributed by atoms with Gasteiger partial charge >= 0.3 is 0 Å². The molecule has 1 aliphatic rings. The summed E-state index contributed by atoms with van der Waals surface area (Å²) in [5.74, 6) is 0.0477. The van der Waals surface area contributed by atoms with Crippen molar-refractivity contribution in [1.82, 2.24) is 10.6 Å². The molecule has 0 atom stereocenters. The molecule has 0 radical (unpaired) electrons. The number of rotatable bonds is 6. The highest BCUT2D eigenvalue weighted by molar-refractivity contribution is 5.76. The van der Waals surface area contributed by atoms with Gasteiger partial charge in [-0.3, -0.25) is 4.79 Å². The van der Waals surface area contributed by atoms with Crippen molar-refractivity contribution in [2.24, 2.45) is 0 Å². The minimum absolute atomic E-state index is 0.0477. The fourth-order valence-corrected chi connectivity index (χ4v) is 1.85. The number of amides is 1. The van der Waals surface area contributed by atoms with E-state index in [4.69, 9.17) is 4.74 Å². The zero-order chi connectivity index (χ0) is 12.7. The van der Waals surface area contributed by atoms with E-state index in [0.29, 0.717) is 45.6 Å². The number of nitrogens with one attached hydrogen (secondary N) is 2. The molecule has 1 amide bonds. The van der Waals surface area contributed by atoms with Gasteiger partial charge < -0.3 is 20.5 Å². The first-order valence-corrected chi connectivity index (χ1v) is 6.32. The van der Waals surface area contributed by atoms with Gasteiger partial charge in [-0.2, -0.15) is 0 Å². The van der Waals surface area contributed by atoms with E-state index in [1.165, 1.54) is 0 Å². The highest BCUT2D eigenvalue weighted by Gasteiger charge is 2.28. The van der Waals surface area contributed by atoms with Gasteiger partial charge in [-0.05, 0) is 13.8 Å². The normalized spacial score (nSPS) is 19.3. The van der Waals surface area contributed by atoms with Gasteiger partial charge in [0.25, 0.3) is 0 Å². The Morgan fingerprint density at radius 1 is 1.41 bits per heavy atom. The topological polar surface area (TPSA) is 70.6 Å². The van der Waals surface area contributed by atoms with Crippen molar-refractivity contribution in [1.29, 1.82) is 0 Å².